The molecule has 1 amide bonds. The van der Waals surface area contributed by atoms with Gasteiger partial charge in [-0.15, -0.1) is 0 Å². The van der Waals surface area contributed by atoms with E-state index in [9.17, 15) is 9.90 Å². The van der Waals surface area contributed by atoms with E-state index in [0.717, 1.165) is 17.0 Å². The van der Waals surface area contributed by atoms with Gasteiger partial charge in [-0.3, -0.25) is 14.4 Å². The average molecular weight is 385 g/mol. The van der Waals surface area contributed by atoms with Crippen LogP contribution in [0.4, 0.5) is 0 Å². The second kappa shape index (κ2) is 8.05. The molecule has 0 aliphatic carbocycles. The zero-order chi connectivity index (χ0) is 20.5. The predicted octanol–water partition coefficient (Wildman–Crippen LogP) is 2.25. The lowest BCUT2D eigenvalue weighted by Gasteiger charge is -2.49. The Kier molecular flexibility index (Phi) is 5.91. The van der Waals surface area contributed by atoms with Crippen LogP contribution >= 0.6 is 0 Å². The van der Waals surface area contributed by atoms with Gasteiger partial charge in [0.1, 0.15) is 0 Å². The highest BCUT2D eigenvalue weighted by molar-refractivity contribution is 5.76. The minimum atomic E-state index is -0.640. The van der Waals surface area contributed by atoms with Crippen LogP contribution in [0.3, 0.4) is 0 Å². The normalized spacial score (nSPS) is 22.7. The summed E-state index contributed by atoms with van der Waals surface area (Å²) < 4.78 is 1.91. The maximum absolute atomic E-state index is 12.8. The molecule has 152 valence electrons. The molecule has 1 fully saturated rings. The summed E-state index contributed by atoms with van der Waals surface area (Å²) in [4.78, 5) is 16.7. The van der Waals surface area contributed by atoms with Crippen LogP contribution in [-0.4, -0.2) is 63.9 Å². The van der Waals surface area contributed by atoms with Crippen molar-refractivity contribution in [1.29, 1.82) is 0 Å². The fraction of sp³-hybridized carbons (Fsp3) is 0.545. The topological polar surface area (TPSA) is 61.6 Å². The first-order chi connectivity index (χ1) is 13.3. The molecule has 1 aromatic carbocycles. The number of amides is 1. The van der Waals surface area contributed by atoms with Crippen LogP contribution in [0.2, 0.25) is 0 Å². The summed E-state index contributed by atoms with van der Waals surface area (Å²) in [6, 6.07) is 10.1. The zero-order valence-corrected chi connectivity index (χ0v) is 17.6. The molecular weight excluding hydrogens is 352 g/mol. The van der Waals surface area contributed by atoms with Crippen LogP contribution in [0, 0.1) is 20.8 Å². The zero-order valence-electron chi connectivity index (χ0n) is 17.6. The summed E-state index contributed by atoms with van der Waals surface area (Å²) in [6.45, 7) is 7.65. The molecule has 0 saturated carbocycles. The van der Waals surface area contributed by atoms with Crippen LogP contribution in [0.15, 0.2) is 30.3 Å². The molecule has 1 N–H and O–H groups in total. The number of carbonyl (C=O) groups is 1. The quantitative estimate of drug-likeness (QED) is 0.859. The van der Waals surface area contributed by atoms with Crippen molar-refractivity contribution < 1.29 is 9.90 Å². The Morgan fingerprint density at radius 2 is 1.93 bits per heavy atom. The number of aliphatic hydroxyl groups excluding tert-OH is 1. The van der Waals surface area contributed by atoms with Crippen LogP contribution in [0.1, 0.15) is 35.4 Å². The molecule has 6 nitrogen and oxygen atoms in total. The van der Waals surface area contributed by atoms with E-state index in [2.05, 4.69) is 29.1 Å². The van der Waals surface area contributed by atoms with E-state index >= 15 is 0 Å². The van der Waals surface area contributed by atoms with Crippen LogP contribution in [0.5, 0.6) is 0 Å². The van der Waals surface area contributed by atoms with E-state index in [0.29, 0.717) is 32.5 Å². The van der Waals surface area contributed by atoms with Gasteiger partial charge in [0.15, 0.2) is 0 Å². The van der Waals surface area contributed by atoms with E-state index in [-0.39, 0.29) is 5.91 Å². The minimum Gasteiger partial charge on any atom is -0.389 e. The minimum absolute atomic E-state index is 0.0738. The van der Waals surface area contributed by atoms with Gasteiger partial charge < -0.3 is 10.0 Å². The molecule has 0 radical (unpaired) electrons. The number of nitrogens with zero attached hydrogens (tertiary/aromatic N) is 4. The molecule has 0 spiro atoms. The lowest BCUT2D eigenvalue weighted by molar-refractivity contribution is -0.141. The van der Waals surface area contributed by atoms with Gasteiger partial charge in [-0.25, -0.2) is 0 Å². The third-order valence-electron chi connectivity index (χ3n) is 6.41. The number of hydrogen-bond donors (Lipinski definition) is 1. The molecule has 1 aromatic heterocycles. The molecule has 1 aliphatic rings. The van der Waals surface area contributed by atoms with Crippen molar-refractivity contribution in [3.8, 4) is 0 Å². The van der Waals surface area contributed by atoms with E-state index in [4.69, 9.17) is 0 Å². The molecule has 0 unspecified atom stereocenters. The Hall–Kier alpha value is -2.18. The summed E-state index contributed by atoms with van der Waals surface area (Å²) in [7, 11) is 4.00. The van der Waals surface area contributed by atoms with Crippen LogP contribution in [-0.2, 0) is 16.9 Å². The largest absolute Gasteiger partial charge is 0.389 e. The lowest BCUT2D eigenvalue weighted by Crippen LogP contribution is -2.60. The second-order valence-electron chi connectivity index (χ2n) is 8.06. The van der Waals surface area contributed by atoms with Crippen molar-refractivity contribution in [2.75, 3.05) is 27.2 Å². The number of aryl methyl sites for hydroxylation is 2. The van der Waals surface area contributed by atoms with Gasteiger partial charge in [0.25, 0.3) is 0 Å². The average Bonchev–Trinajstić information content (AvgIpc) is 2.93. The highest BCUT2D eigenvalue weighted by atomic mass is 16.3. The Labute approximate surface area is 167 Å². The molecular formula is C22H32N4O2. The summed E-state index contributed by atoms with van der Waals surface area (Å²) in [5.41, 5.74) is 3.93. The first-order valence-corrected chi connectivity index (χ1v) is 9.96. The highest BCUT2D eigenvalue weighted by Crippen LogP contribution is 2.37. The Morgan fingerprint density at radius 1 is 1.25 bits per heavy atom. The fourth-order valence-corrected chi connectivity index (χ4v) is 4.36. The summed E-state index contributed by atoms with van der Waals surface area (Å²) in [5.74, 6) is 0.0738. The highest BCUT2D eigenvalue weighted by Gasteiger charge is 2.46. The van der Waals surface area contributed by atoms with Gasteiger partial charge in [-0.05, 0) is 52.4 Å². The van der Waals surface area contributed by atoms with Gasteiger partial charge in [0, 0.05) is 31.7 Å². The first kappa shape index (κ1) is 20.6. The van der Waals surface area contributed by atoms with E-state index in [1.165, 1.54) is 5.56 Å². The Bertz CT molecular complexity index is 831. The van der Waals surface area contributed by atoms with Crippen molar-refractivity contribution in [3.05, 3.63) is 52.8 Å². The number of hydrogen-bond acceptors (Lipinski definition) is 4. The smallest absolute Gasteiger partial charge is 0.224 e. The molecule has 2 atom stereocenters. The van der Waals surface area contributed by atoms with Crippen LogP contribution in [0.25, 0.3) is 0 Å². The molecule has 2 heterocycles. The molecule has 1 saturated heterocycles. The number of rotatable bonds is 5. The molecule has 1 aliphatic heterocycles. The first-order valence-electron chi connectivity index (χ1n) is 9.96. The number of β-amino-alcohol motifs (C(OH)–C–C–N with tert-alkyl or cyclic N) is 1. The summed E-state index contributed by atoms with van der Waals surface area (Å²) >= 11 is 0. The van der Waals surface area contributed by atoms with Crippen molar-refractivity contribution >= 4 is 5.91 Å². The SMILES string of the molecule is Cc1nn(CCC(=O)N2CC[C@@](c3ccccc3)(N(C)C)[C@H](O)C2)c(C)c1C. The van der Waals surface area contributed by atoms with Crippen LogP contribution < -0.4 is 0 Å². The van der Waals surface area contributed by atoms with Gasteiger partial charge in [-0.1, -0.05) is 30.3 Å². The van der Waals surface area contributed by atoms with Gasteiger partial charge in [0.05, 0.1) is 17.3 Å². The van der Waals surface area contributed by atoms with Gasteiger partial charge >= 0.3 is 0 Å². The molecule has 28 heavy (non-hydrogen) atoms. The third-order valence-corrected chi connectivity index (χ3v) is 6.41. The molecule has 0 bridgehead atoms. The Balaban J connectivity index is 1.68. The summed E-state index contributed by atoms with van der Waals surface area (Å²) in [6.07, 6.45) is 0.461. The van der Waals surface area contributed by atoms with E-state index in [1.807, 2.05) is 50.8 Å². The number of likely N-dealkylation sites (N-methyl/N-ethyl adjacent to an activating group) is 1. The number of carbonyl (C=O) groups excluding carboxylic acids is 1. The number of benzene rings is 1. The molecule has 3 rings (SSSR count). The van der Waals surface area contributed by atoms with Gasteiger partial charge in [0.2, 0.25) is 5.91 Å². The van der Waals surface area contributed by atoms with Crippen molar-refractivity contribution in [3.63, 3.8) is 0 Å². The van der Waals surface area contributed by atoms with Crippen molar-refractivity contribution in [2.45, 2.75) is 51.8 Å². The Morgan fingerprint density at radius 3 is 2.46 bits per heavy atom. The standard InChI is InChI=1S/C22H32N4O2/c1-16-17(2)23-26(18(16)3)13-11-21(28)25-14-12-22(24(4)5,20(27)15-25)19-9-7-6-8-10-19/h6-10,20,27H,11-15H2,1-5H3/t20-,22+/m1/s1. The van der Waals surface area contributed by atoms with Crippen molar-refractivity contribution in [2.24, 2.45) is 0 Å². The number of aliphatic hydroxyl groups is 1. The predicted molar refractivity (Wildman–Crippen MR) is 110 cm³/mol. The fourth-order valence-electron chi connectivity index (χ4n) is 4.36. The second-order valence-corrected chi connectivity index (χ2v) is 8.06. The van der Waals surface area contributed by atoms with E-state index in [1.54, 1.807) is 4.90 Å². The monoisotopic (exact) mass is 384 g/mol. The number of likely N-dealkylation sites (tertiary alicyclic amines) is 1. The van der Waals surface area contributed by atoms with Gasteiger partial charge in [-0.2, -0.15) is 5.10 Å². The van der Waals surface area contributed by atoms with E-state index < -0.39 is 11.6 Å². The molecule has 2 aromatic rings. The molecule has 6 heteroatoms. The maximum atomic E-state index is 12.8. The number of aromatic nitrogens is 2. The number of piperidine rings is 1. The maximum Gasteiger partial charge on any atom is 0.224 e. The van der Waals surface area contributed by atoms with Crippen molar-refractivity contribution in [1.82, 2.24) is 19.6 Å². The summed E-state index contributed by atoms with van der Waals surface area (Å²) in [5, 5.41) is 15.6. The lowest BCUT2D eigenvalue weighted by atomic mass is 9.77. The third kappa shape index (κ3) is 3.59.